The highest BCUT2D eigenvalue weighted by Gasteiger charge is 2.24. The maximum absolute atomic E-state index is 13.3. The molecule has 0 fully saturated rings. The van der Waals surface area contributed by atoms with E-state index in [1.165, 1.54) is 19.2 Å². The van der Waals surface area contributed by atoms with Gasteiger partial charge in [0.25, 0.3) is 15.9 Å². The molecule has 2 N–H and O–H groups in total. The number of methoxy groups -OCH3 is 1. The van der Waals surface area contributed by atoms with Crippen LogP contribution in [0, 0.1) is 0 Å². The van der Waals surface area contributed by atoms with Crippen molar-refractivity contribution in [1.82, 2.24) is 14.7 Å². The molecule has 2 aromatic carbocycles. The van der Waals surface area contributed by atoms with E-state index in [0.717, 1.165) is 11.9 Å². The molecule has 1 aromatic heterocycles. The van der Waals surface area contributed by atoms with Gasteiger partial charge in [0.15, 0.2) is 17.3 Å². The van der Waals surface area contributed by atoms with E-state index < -0.39 is 20.0 Å². The lowest BCUT2D eigenvalue weighted by molar-refractivity contribution is 0.291. The first kappa shape index (κ1) is 30.1. The molecule has 13 heteroatoms. The zero-order valence-electron chi connectivity index (χ0n) is 22.6. The number of nitrogens with zero attached hydrogens (tertiary/aromatic N) is 2. The fraction of sp³-hybridized carbons (Fsp3) is 0.385. The zero-order valence-corrected chi connectivity index (χ0v) is 24.2. The fourth-order valence-electron chi connectivity index (χ4n) is 3.44. The first-order chi connectivity index (χ1) is 18.4. The smallest absolute Gasteiger partial charge is 0.263 e. The van der Waals surface area contributed by atoms with E-state index in [9.17, 15) is 16.8 Å². The maximum atomic E-state index is 13.3. The van der Waals surface area contributed by atoms with Gasteiger partial charge in [-0.1, -0.05) is 52.0 Å². The second-order valence-electron chi connectivity index (χ2n) is 9.55. The van der Waals surface area contributed by atoms with Gasteiger partial charge in [0.2, 0.25) is 15.8 Å². The van der Waals surface area contributed by atoms with Gasteiger partial charge in [0, 0.05) is 6.54 Å². The van der Waals surface area contributed by atoms with Crippen LogP contribution in [0.1, 0.15) is 39.7 Å². The highest BCUT2D eigenvalue weighted by molar-refractivity contribution is 7.92. The zero-order chi connectivity index (χ0) is 28.7. The molecule has 0 saturated carbocycles. The number of nitrogens with one attached hydrogen (secondary N) is 2. The van der Waals surface area contributed by atoms with Crippen molar-refractivity contribution >= 4 is 25.9 Å². The third-order valence-corrected chi connectivity index (χ3v) is 8.39. The van der Waals surface area contributed by atoms with Gasteiger partial charge in [-0.05, 0) is 41.7 Å². The van der Waals surface area contributed by atoms with Crippen LogP contribution >= 0.6 is 0 Å². The van der Waals surface area contributed by atoms with Crippen LogP contribution in [0.4, 0.5) is 5.82 Å². The second kappa shape index (κ2) is 12.6. The molecule has 11 nitrogen and oxygen atoms in total. The van der Waals surface area contributed by atoms with Crippen LogP contribution in [-0.2, 0) is 25.5 Å². The molecular formula is C26H34N4O7S2. The van der Waals surface area contributed by atoms with Crippen molar-refractivity contribution in [2.75, 3.05) is 30.7 Å². The molecular weight excluding hydrogens is 544 g/mol. The van der Waals surface area contributed by atoms with Crippen LogP contribution in [0.2, 0.25) is 0 Å². The van der Waals surface area contributed by atoms with Crippen molar-refractivity contribution in [2.24, 2.45) is 0 Å². The first-order valence-electron chi connectivity index (χ1n) is 12.3. The number of anilines is 1. The Balaban J connectivity index is 1.93. The molecule has 0 atom stereocenters. The number of rotatable bonds is 13. The Bertz CT molecular complexity index is 1470. The van der Waals surface area contributed by atoms with E-state index in [2.05, 4.69) is 19.4 Å². The van der Waals surface area contributed by atoms with Gasteiger partial charge in [-0.2, -0.15) is 4.98 Å². The fourth-order valence-corrected chi connectivity index (χ4v) is 5.53. The predicted octanol–water partition coefficient (Wildman–Crippen LogP) is 4.08. The Labute approximate surface area is 230 Å². The topological polar surface area (TPSA) is 146 Å². The van der Waals surface area contributed by atoms with E-state index >= 15 is 0 Å². The third kappa shape index (κ3) is 8.28. The van der Waals surface area contributed by atoms with E-state index in [0.29, 0.717) is 12.2 Å². The SMILES string of the molecule is CCCS(=O)(=O)NCCOc1ncnc(NS(=O)(=O)c2ccc(C(C)(C)C)cc2)c1Oc1ccccc1OC. The molecule has 0 saturated heterocycles. The second-order valence-corrected chi connectivity index (χ2v) is 13.2. The largest absolute Gasteiger partial charge is 0.493 e. The Morgan fingerprint density at radius 2 is 1.59 bits per heavy atom. The van der Waals surface area contributed by atoms with Crippen molar-refractivity contribution in [3.8, 4) is 23.1 Å². The van der Waals surface area contributed by atoms with Gasteiger partial charge in [0.05, 0.1) is 17.8 Å². The van der Waals surface area contributed by atoms with Gasteiger partial charge in [-0.25, -0.2) is 26.5 Å². The molecule has 3 rings (SSSR count). The molecule has 0 aliphatic rings. The average molecular weight is 579 g/mol. The first-order valence-corrected chi connectivity index (χ1v) is 15.4. The third-order valence-electron chi connectivity index (χ3n) is 5.45. The summed E-state index contributed by atoms with van der Waals surface area (Å²) < 4.78 is 72.3. The molecule has 0 spiro atoms. The van der Waals surface area contributed by atoms with Gasteiger partial charge >= 0.3 is 0 Å². The summed E-state index contributed by atoms with van der Waals surface area (Å²) in [4.78, 5) is 8.22. The maximum Gasteiger partial charge on any atom is 0.263 e. The van der Waals surface area contributed by atoms with Crippen molar-refractivity contribution < 1.29 is 31.0 Å². The highest BCUT2D eigenvalue weighted by atomic mass is 32.2. The molecule has 0 unspecified atom stereocenters. The van der Waals surface area contributed by atoms with Gasteiger partial charge in [-0.3, -0.25) is 4.72 Å². The molecule has 0 bridgehead atoms. The number of hydrogen-bond acceptors (Lipinski definition) is 9. The number of aromatic nitrogens is 2. The van der Waals surface area contributed by atoms with E-state index in [-0.39, 0.29) is 52.4 Å². The van der Waals surface area contributed by atoms with Gasteiger partial charge in [-0.15, -0.1) is 0 Å². The number of hydrogen-bond donors (Lipinski definition) is 2. The number of sulfonamides is 2. The summed E-state index contributed by atoms with van der Waals surface area (Å²) in [6, 6.07) is 13.3. The molecule has 0 radical (unpaired) electrons. The summed E-state index contributed by atoms with van der Waals surface area (Å²) in [5.74, 6) is 0.257. The quantitative estimate of drug-likeness (QED) is 0.286. The van der Waals surface area contributed by atoms with Crippen LogP contribution in [0.15, 0.2) is 59.8 Å². The monoisotopic (exact) mass is 578 g/mol. The molecule has 0 aliphatic carbocycles. The summed E-state index contributed by atoms with van der Waals surface area (Å²) in [6.45, 7) is 7.75. The number of benzene rings is 2. The van der Waals surface area contributed by atoms with Crippen LogP contribution < -0.4 is 23.7 Å². The van der Waals surface area contributed by atoms with Crippen molar-refractivity contribution in [3.63, 3.8) is 0 Å². The molecule has 0 aliphatic heterocycles. The van der Waals surface area contributed by atoms with Crippen molar-refractivity contribution in [1.29, 1.82) is 0 Å². The standard InChI is InChI=1S/C26H34N4O7S2/c1-6-17-38(31,32)29-15-16-36-25-23(37-22-10-8-7-9-21(22)35-5)24(27-18-28-25)30-39(33,34)20-13-11-19(12-14-20)26(2,3)4/h7-14,18,29H,6,15-17H2,1-5H3,(H,27,28,30). The molecule has 39 heavy (non-hydrogen) atoms. The molecule has 3 aromatic rings. The minimum absolute atomic E-state index is 0.00860. The summed E-state index contributed by atoms with van der Waals surface area (Å²) in [5, 5.41) is 0. The predicted molar refractivity (Wildman–Crippen MR) is 149 cm³/mol. The lowest BCUT2D eigenvalue weighted by atomic mass is 9.87. The Morgan fingerprint density at radius 1 is 0.923 bits per heavy atom. The lowest BCUT2D eigenvalue weighted by Crippen LogP contribution is -2.30. The summed E-state index contributed by atoms with van der Waals surface area (Å²) in [6.07, 6.45) is 1.59. The Morgan fingerprint density at radius 3 is 2.21 bits per heavy atom. The minimum Gasteiger partial charge on any atom is -0.493 e. The van der Waals surface area contributed by atoms with Crippen LogP contribution in [0.25, 0.3) is 0 Å². The number of ether oxygens (including phenoxy) is 3. The Hall–Kier alpha value is -3.42. The number of para-hydroxylation sites is 2. The van der Waals surface area contributed by atoms with Gasteiger partial charge in [0.1, 0.15) is 12.9 Å². The lowest BCUT2D eigenvalue weighted by Gasteiger charge is -2.19. The van der Waals surface area contributed by atoms with Crippen LogP contribution in [0.5, 0.6) is 23.1 Å². The van der Waals surface area contributed by atoms with Crippen molar-refractivity contribution in [3.05, 3.63) is 60.4 Å². The van der Waals surface area contributed by atoms with E-state index in [1.54, 1.807) is 43.3 Å². The normalized spacial score (nSPS) is 12.1. The highest BCUT2D eigenvalue weighted by Crippen LogP contribution is 2.39. The molecule has 1 heterocycles. The molecule has 0 amide bonds. The molecule has 212 valence electrons. The van der Waals surface area contributed by atoms with Crippen molar-refractivity contribution in [2.45, 2.75) is 44.4 Å². The summed E-state index contributed by atoms with van der Waals surface area (Å²) in [7, 11) is -6.04. The Kier molecular flexibility index (Phi) is 9.75. The average Bonchev–Trinajstić information content (AvgIpc) is 2.88. The van der Waals surface area contributed by atoms with E-state index in [1.807, 2.05) is 20.8 Å². The van der Waals surface area contributed by atoms with Crippen LogP contribution in [0.3, 0.4) is 0 Å². The summed E-state index contributed by atoms with van der Waals surface area (Å²) >= 11 is 0. The minimum atomic E-state index is -4.07. The van der Waals surface area contributed by atoms with E-state index in [4.69, 9.17) is 14.2 Å². The van der Waals surface area contributed by atoms with Gasteiger partial charge < -0.3 is 14.2 Å². The van der Waals surface area contributed by atoms with Crippen LogP contribution in [-0.4, -0.2) is 52.8 Å². The summed E-state index contributed by atoms with van der Waals surface area (Å²) in [5.41, 5.74) is 0.837.